The van der Waals surface area contributed by atoms with Crippen molar-refractivity contribution in [3.63, 3.8) is 0 Å². The van der Waals surface area contributed by atoms with Gasteiger partial charge in [0.25, 0.3) is 0 Å². The molecule has 2 fully saturated rings. The molecule has 1 N–H and O–H groups in total. The fourth-order valence-corrected chi connectivity index (χ4v) is 3.62. The normalized spacial score (nSPS) is 23.6. The van der Waals surface area contributed by atoms with Crippen molar-refractivity contribution in [1.29, 1.82) is 0 Å². The van der Waals surface area contributed by atoms with Gasteiger partial charge in [-0.25, -0.2) is 4.98 Å². The van der Waals surface area contributed by atoms with Crippen molar-refractivity contribution in [3.05, 3.63) is 24.3 Å². The Morgan fingerprint density at radius 2 is 1.95 bits per heavy atom. The molecule has 2 aromatic rings. The van der Waals surface area contributed by atoms with E-state index in [1.165, 1.54) is 38.5 Å². The SMILES string of the molecule is c1cn2c(N3CCCCC3)ncc2c(C2CCCCN2)n1. The first-order chi connectivity index (χ1) is 10.4. The summed E-state index contributed by atoms with van der Waals surface area (Å²) in [4.78, 5) is 11.8. The van der Waals surface area contributed by atoms with Crippen molar-refractivity contribution in [1.82, 2.24) is 19.7 Å². The predicted molar refractivity (Wildman–Crippen MR) is 83.6 cm³/mol. The number of fused-ring (bicyclic) bond motifs is 1. The van der Waals surface area contributed by atoms with E-state index in [0.717, 1.165) is 36.8 Å². The third kappa shape index (κ3) is 2.39. The Bertz CT molecular complexity index is 608. The molecule has 1 atom stereocenters. The fraction of sp³-hybridized carbons (Fsp3) is 0.625. The van der Waals surface area contributed by atoms with Crippen molar-refractivity contribution in [3.8, 4) is 0 Å². The summed E-state index contributed by atoms with van der Waals surface area (Å²) >= 11 is 0. The third-order valence-corrected chi connectivity index (χ3v) is 4.75. The molecule has 5 heteroatoms. The van der Waals surface area contributed by atoms with Crippen LogP contribution in [0.1, 0.15) is 50.3 Å². The second-order valence-electron chi connectivity index (χ2n) is 6.18. The van der Waals surface area contributed by atoms with E-state index in [4.69, 9.17) is 4.98 Å². The van der Waals surface area contributed by atoms with Gasteiger partial charge < -0.3 is 10.2 Å². The van der Waals surface area contributed by atoms with Gasteiger partial charge in [0.2, 0.25) is 5.95 Å². The average Bonchev–Trinajstić information content (AvgIpc) is 3.00. The van der Waals surface area contributed by atoms with Gasteiger partial charge in [0.05, 0.1) is 23.4 Å². The summed E-state index contributed by atoms with van der Waals surface area (Å²) in [7, 11) is 0. The molecule has 21 heavy (non-hydrogen) atoms. The highest BCUT2D eigenvalue weighted by Gasteiger charge is 2.22. The molecule has 2 aliphatic heterocycles. The second-order valence-corrected chi connectivity index (χ2v) is 6.18. The van der Waals surface area contributed by atoms with Crippen molar-refractivity contribution < 1.29 is 0 Å². The first-order valence-corrected chi connectivity index (χ1v) is 8.24. The quantitative estimate of drug-likeness (QED) is 0.921. The first kappa shape index (κ1) is 13.1. The zero-order chi connectivity index (χ0) is 14.1. The summed E-state index contributed by atoms with van der Waals surface area (Å²) in [6.07, 6.45) is 13.6. The lowest BCUT2D eigenvalue weighted by Gasteiger charge is -2.27. The van der Waals surface area contributed by atoms with Crippen molar-refractivity contribution in [2.45, 2.75) is 44.6 Å². The van der Waals surface area contributed by atoms with E-state index >= 15 is 0 Å². The molecule has 2 aromatic heterocycles. The molecule has 0 spiro atoms. The Kier molecular flexibility index (Phi) is 3.51. The minimum atomic E-state index is 0.383. The third-order valence-electron chi connectivity index (χ3n) is 4.75. The Morgan fingerprint density at radius 3 is 2.76 bits per heavy atom. The Hall–Kier alpha value is -1.62. The molecule has 0 bridgehead atoms. The maximum absolute atomic E-state index is 4.70. The summed E-state index contributed by atoms with van der Waals surface area (Å²) in [6, 6.07) is 0.383. The summed E-state index contributed by atoms with van der Waals surface area (Å²) in [5.74, 6) is 1.09. The number of imidazole rings is 1. The zero-order valence-corrected chi connectivity index (χ0v) is 12.5. The number of rotatable bonds is 2. The van der Waals surface area contributed by atoms with Gasteiger partial charge in [-0.05, 0) is 38.6 Å². The monoisotopic (exact) mass is 285 g/mol. The van der Waals surface area contributed by atoms with E-state index in [2.05, 4.69) is 25.8 Å². The molecular weight excluding hydrogens is 262 g/mol. The maximum atomic E-state index is 4.70. The van der Waals surface area contributed by atoms with E-state index in [-0.39, 0.29) is 0 Å². The molecule has 5 nitrogen and oxygen atoms in total. The number of hydrogen-bond donors (Lipinski definition) is 1. The number of hydrogen-bond acceptors (Lipinski definition) is 4. The standard InChI is InChI=1S/C16H23N5/c1-4-9-20(10-5-1)16-19-12-14-15(18-8-11-21(14)16)13-6-2-3-7-17-13/h8,11-13,17H,1-7,9-10H2. The Balaban J connectivity index is 1.71. The van der Waals surface area contributed by atoms with Crippen LogP contribution in [0.4, 0.5) is 5.95 Å². The molecule has 2 aliphatic rings. The minimum absolute atomic E-state index is 0.383. The van der Waals surface area contributed by atoms with Crippen molar-refractivity contribution in [2.24, 2.45) is 0 Å². The van der Waals surface area contributed by atoms with Crippen LogP contribution in [0.15, 0.2) is 18.6 Å². The van der Waals surface area contributed by atoms with Crippen LogP contribution >= 0.6 is 0 Å². The summed E-state index contributed by atoms with van der Waals surface area (Å²) in [6.45, 7) is 3.34. The van der Waals surface area contributed by atoms with Crippen molar-refractivity contribution >= 4 is 11.5 Å². The van der Waals surface area contributed by atoms with Crippen LogP contribution < -0.4 is 10.2 Å². The van der Waals surface area contributed by atoms with E-state index in [0.29, 0.717) is 6.04 Å². The fourth-order valence-electron chi connectivity index (χ4n) is 3.62. The molecule has 0 saturated carbocycles. The number of nitrogens with one attached hydrogen (secondary N) is 1. The number of anilines is 1. The van der Waals surface area contributed by atoms with E-state index in [1.54, 1.807) is 0 Å². The zero-order valence-electron chi connectivity index (χ0n) is 12.5. The summed E-state index contributed by atoms with van der Waals surface area (Å²) < 4.78 is 2.23. The lowest BCUT2D eigenvalue weighted by atomic mass is 10.0. The highest BCUT2D eigenvalue weighted by molar-refractivity contribution is 5.57. The Morgan fingerprint density at radius 1 is 1.05 bits per heavy atom. The van der Waals surface area contributed by atoms with Gasteiger partial charge in [-0.1, -0.05) is 6.42 Å². The number of piperidine rings is 2. The molecule has 4 heterocycles. The molecule has 0 radical (unpaired) electrons. The van der Waals surface area contributed by atoms with Gasteiger partial charge in [0.1, 0.15) is 0 Å². The molecule has 0 amide bonds. The van der Waals surface area contributed by atoms with Gasteiger partial charge in [0.15, 0.2) is 0 Å². The van der Waals surface area contributed by atoms with Crippen LogP contribution in [0.25, 0.3) is 5.52 Å². The molecule has 1 unspecified atom stereocenters. The lowest BCUT2D eigenvalue weighted by molar-refractivity contribution is 0.406. The van der Waals surface area contributed by atoms with E-state index < -0.39 is 0 Å². The Labute approximate surface area is 125 Å². The smallest absolute Gasteiger partial charge is 0.210 e. The van der Waals surface area contributed by atoms with Gasteiger partial charge in [-0.3, -0.25) is 9.38 Å². The van der Waals surface area contributed by atoms with Crippen LogP contribution in [0.2, 0.25) is 0 Å². The second kappa shape index (κ2) is 5.64. The van der Waals surface area contributed by atoms with Crippen LogP contribution in [0, 0.1) is 0 Å². The maximum Gasteiger partial charge on any atom is 0.210 e. The van der Waals surface area contributed by atoms with Crippen LogP contribution in [0.3, 0.4) is 0 Å². The van der Waals surface area contributed by atoms with Crippen LogP contribution in [-0.2, 0) is 0 Å². The summed E-state index contributed by atoms with van der Waals surface area (Å²) in [5.41, 5.74) is 2.32. The summed E-state index contributed by atoms with van der Waals surface area (Å²) in [5, 5.41) is 3.60. The van der Waals surface area contributed by atoms with E-state index in [1.807, 2.05) is 12.4 Å². The van der Waals surface area contributed by atoms with Gasteiger partial charge >= 0.3 is 0 Å². The average molecular weight is 285 g/mol. The molecule has 2 saturated heterocycles. The van der Waals surface area contributed by atoms with Crippen molar-refractivity contribution in [2.75, 3.05) is 24.5 Å². The largest absolute Gasteiger partial charge is 0.342 e. The van der Waals surface area contributed by atoms with Gasteiger partial charge in [0, 0.05) is 25.5 Å². The molecule has 0 aromatic carbocycles. The minimum Gasteiger partial charge on any atom is -0.342 e. The molecule has 4 rings (SSSR count). The van der Waals surface area contributed by atoms with E-state index in [9.17, 15) is 0 Å². The molecule has 0 aliphatic carbocycles. The van der Waals surface area contributed by atoms with Gasteiger partial charge in [-0.15, -0.1) is 0 Å². The highest BCUT2D eigenvalue weighted by Crippen LogP contribution is 2.27. The first-order valence-electron chi connectivity index (χ1n) is 8.24. The number of aromatic nitrogens is 3. The topological polar surface area (TPSA) is 45.5 Å². The molecular formula is C16H23N5. The molecule has 112 valence electrons. The van der Waals surface area contributed by atoms with Crippen LogP contribution in [-0.4, -0.2) is 34.0 Å². The number of nitrogens with zero attached hydrogens (tertiary/aromatic N) is 4. The van der Waals surface area contributed by atoms with Crippen LogP contribution in [0.5, 0.6) is 0 Å². The highest BCUT2D eigenvalue weighted by atomic mass is 15.3. The predicted octanol–water partition coefficient (Wildman–Crippen LogP) is 2.53. The van der Waals surface area contributed by atoms with Gasteiger partial charge in [-0.2, -0.15) is 0 Å². The lowest BCUT2D eigenvalue weighted by Crippen LogP contribution is -2.31.